The van der Waals surface area contributed by atoms with E-state index in [9.17, 15) is 14.4 Å². The number of carbonyl (C=O) groups excluding carboxylic acids is 3. The van der Waals surface area contributed by atoms with Crippen LogP contribution >= 0.6 is 0 Å². The maximum atomic E-state index is 13.2. The molecule has 0 aliphatic carbocycles. The lowest BCUT2D eigenvalue weighted by atomic mass is 10.00. The zero-order valence-corrected chi connectivity index (χ0v) is 25.0. The van der Waals surface area contributed by atoms with Gasteiger partial charge in [0, 0.05) is 47.5 Å². The Morgan fingerprint density at radius 2 is 1.48 bits per heavy atom. The Bertz CT molecular complexity index is 1550. The lowest BCUT2D eigenvalue weighted by Crippen LogP contribution is -2.33. The Labute approximate surface area is 258 Å². The average Bonchev–Trinajstić information content (AvgIpc) is 3.07. The van der Waals surface area contributed by atoms with Gasteiger partial charge in [0.25, 0.3) is 0 Å². The minimum Gasteiger partial charge on any atom is -0.494 e. The molecule has 4 aromatic rings. The molecule has 1 unspecified atom stereocenters. The number of nitrogens with one attached hydrogen (secondary N) is 2. The van der Waals surface area contributed by atoms with Crippen LogP contribution in [0.1, 0.15) is 51.1 Å². The van der Waals surface area contributed by atoms with Gasteiger partial charge in [-0.3, -0.25) is 9.59 Å². The zero-order valence-electron chi connectivity index (χ0n) is 25.0. The van der Waals surface area contributed by atoms with Crippen LogP contribution in [0.4, 0.5) is 11.4 Å². The molecule has 7 nitrogen and oxygen atoms in total. The summed E-state index contributed by atoms with van der Waals surface area (Å²) in [5.41, 5.74) is 4.04. The highest BCUT2D eigenvalue weighted by Gasteiger charge is 2.22. The highest BCUT2D eigenvalue weighted by Crippen LogP contribution is 2.23. The number of para-hydroxylation sites is 2. The average molecular weight is 591 g/mol. The van der Waals surface area contributed by atoms with Crippen molar-refractivity contribution in [3.8, 4) is 5.75 Å². The van der Waals surface area contributed by atoms with Crippen molar-refractivity contribution in [2.24, 2.45) is 0 Å². The molecule has 4 rings (SSSR count). The molecule has 0 aromatic heterocycles. The second-order valence-corrected chi connectivity index (χ2v) is 10.2. The van der Waals surface area contributed by atoms with E-state index in [1.54, 1.807) is 36.4 Å². The normalized spacial score (nSPS) is 11.2. The highest BCUT2D eigenvalue weighted by molar-refractivity contribution is 6.12. The monoisotopic (exact) mass is 590 g/mol. The quantitative estimate of drug-likeness (QED) is 0.0584. The molecule has 2 N–H and O–H groups in total. The van der Waals surface area contributed by atoms with Crippen LogP contribution in [0.25, 0.3) is 0 Å². The topological polar surface area (TPSA) is 93.7 Å². The number of Topliss-reactive ketones (excluding diaryl/α,β-unsaturated/α-hetero) is 1. The largest absolute Gasteiger partial charge is 0.494 e. The zero-order chi connectivity index (χ0) is 31.1. The number of anilines is 2. The number of rotatable bonds is 17. The number of esters is 1. The number of benzene rings is 4. The van der Waals surface area contributed by atoms with Crippen LogP contribution in [0.15, 0.2) is 116 Å². The van der Waals surface area contributed by atoms with Gasteiger partial charge in [0.2, 0.25) is 0 Å². The highest BCUT2D eigenvalue weighted by atomic mass is 16.5. The van der Waals surface area contributed by atoms with Crippen LogP contribution in [0, 0.1) is 0 Å². The summed E-state index contributed by atoms with van der Waals surface area (Å²) < 4.78 is 11.0. The van der Waals surface area contributed by atoms with Gasteiger partial charge in [0.1, 0.15) is 11.8 Å². The first-order valence-electron chi connectivity index (χ1n) is 14.7. The summed E-state index contributed by atoms with van der Waals surface area (Å²) in [5, 5.41) is 6.58. The summed E-state index contributed by atoms with van der Waals surface area (Å²) >= 11 is 0. The van der Waals surface area contributed by atoms with E-state index in [2.05, 4.69) is 17.2 Å². The standard InChI is InChI=1S/C37H38N2O5/c1-3-4-19-35(40)30-15-8-10-17-32(30)38-24-12-25-44-29-22-20-27(21-23-29)26-34(37(42)43-2)39-33-18-11-9-16-31(33)36(41)28-13-6-5-7-14-28/h3,5-11,13-18,20-23,34,38-39H,1,4,12,19,24-26H2,2H3. The van der Waals surface area contributed by atoms with E-state index in [4.69, 9.17) is 9.47 Å². The van der Waals surface area contributed by atoms with Crippen LogP contribution in [0.3, 0.4) is 0 Å². The van der Waals surface area contributed by atoms with Gasteiger partial charge in [0.05, 0.1) is 13.7 Å². The van der Waals surface area contributed by atoms with Crippen molar-refractivity contribution >= 4 is 28.9 Å². The number of methoxy groups -OCH3 is 1. The summed E-state index contributed by atoms with van der Waals surface area (Å²) in [4.78, 5) is 38.4. The predicted molar refractivity (Wildman–Crippen MR) is 175 cm³/mol. The van der Waals surface area contributed by atoms with E-state index in [1.165, 1.54) is 7.11 Å². The van der Waals surface area contributed by atoms with E-state index < -0.39 is 12.0 Å². The van der Waals surface area contributed by atoms with Crippen LogP contribution in [0.5, 0.6) is 5.75 Å². The first-order chi connectivity index (χ1) is 21.5. The van der Waals surface area contributed by atoms with Crippen LogP contribution < -0.4 is 15.4 Å². The number of hydrogen-bond donors (Lipinski definition) is 2. The number of ether oxygens (including phenoxy) is 2. The molecule has 0 radical (unpaired) electrons. The maximum Gasteiger partial charge on any atom is 0.328 e. The molecule has 0 bridgehead atoms. The molecule has 0 aliphatic heterocycles. The van der Waals surface area contributed by atoms with E-state index in [0.717, 1.165) is 23.4 Å². The maximum absolute atomic E-state index is 13.2. The van der Waals surface area contributed by atoms with Crippen molar-refractivity contribution in [3.05, 3.63) is 138 Å². The molecule has 0 heterocycles. The van der Waals surface area contributed by atoms with Gasteiger partial charge < -0.3 is 20.1 Å². The van der Waals surface area contributed by atoms with Crippen molar-refractivity contribution in [2.45, 2.75) is 31.7 Å². The number of carbonyl (C=O) groups is 3. The van der Waals surface area contributed by atoms with Crippen LogP contribution in [-0.2, 0) is 16.0 Å². The van der Waals surface area contributed by atoms with Crippen LogP contribution in [-0.4, -0.2) is 43.8 Å². The lowest BCUT2D eigenvalue weighted by Gasteiger charge is -2.20. The fraction of sp³-hybridized carbons (Fsp3) is 0.216. The molecule has 0 aliphatic rings. The minimum atomic E-state index is -0.700. The smallest absolute Gasteiger partial charge is 0.328 e. The molecule has 44 heavy (non-hydrogen) atoms. The van der Waals surface area contributed by atoms with Gasteiger partial charge in [0.15, 0.2) is 11.6 Å². The minimum absolute atomic E-state index is 0.0962. The number of hydrogen-bond acceptors (Lipinski definition) is 7. The van der Waals surface area contributed by atoms with Crippen molar-refractivity contribution in [1.82, 2.24) is 0 Å². The predicted octanol–water partition coefficient (Wildman–Crippen LogP) is 7.14. The van der Waals surface area contributed by atoms with E-state index in [0.29, 0.717) is 54.8 Å². The Balaban J connectivity index is 1.31. The fourth-order valence-corrected chi connectivity index (χ4v) is 4.77. The molecule has 1 atom stereocenters. The fourth-order valence-electron chi connectivity index (χ4n) is 4.77. The van der Waals surface area contributed by atoms with E-state index in [1.807, 2.05) is 72.8 Å². The van der Waals surface area contributed by atoms with E-state index >= 15 is 0 Å². The third-order valence-corrected chi connectivity index (χ3v) is 7.09. The van der Waals surface area contributed by atoms with Gasteiger partial charge in [-0.05, 0) is 54.8 Å². The summed E-state index contributed by atoms with van der Waals surface area (Å²) in [6.07, 6.45) is 3.95. The Morgan fingerprint density at radius 1 is 0.818 bits per heavy atom. The van der Waals surface area contributed by atoms with Gasteiger partial charge in [-0.2, -0.15) is 0 Å². The van der Waals surface area contributed by atoms with Crippen molar-refractivity contribution in [1.29, 1.82) is 0 Å². The summed E-state index contributed by atoms with van der Waals surface area (Å²) in [6.45, 7) is 4.85. The van der Waals surface area contributed by atoms with E-state index in [-0.39, 0.29) is 11.6 Å². The SMILES string of the molecule is C=CCCC(=O)c1ccccc1NCCCOc1ccc(CC(Nc2ccccc2C(=O)c2ccccc2)C(=O)OC)cc1. The molecular weight excluding hydrogens is 552 g/mol. The molecule has 0 amide bonds. The number of allylic oxidation sites excluding steroid dienone is 1. The van der Waals surface area contributed by atoms with Crippen molar-refractivity contribution < 1.29 is 23.9 Å². The second kappa shape index (κ2) is 16.5. The van der Waals surface area contributed by atoms with Gasteiger partial charge in [-0.1, -0.05) is 72.8 Å². The Kier molecular flexibility index (Phi) is 11.9. The molecule has 0 saturated carbocycles. The molecule has 0 fully saturated rings. The van der Waals surface area contributed by atoms with Gasteiger partial charge >= 0.3 is 5.97 Å². The Morgan fingerprint density at radius 3 is 2.18 bits per heavy atom. The summed E-state index contributed by atoms with van der Waals surface area (Å²) in [7, 11) is 1.35. The molecule has 7 heteroatoms. The molecule has 226 valence electrons. The first-order valence-corrected chi connectivity index (χ1v) is 14.7. The third-order valence-electron chi connectivity index (χ3n) is 7.09. The van der Waals surface area contributed by atoms with Gasteiger partial charge in [-0.15, -0.1) is 6.58 Å². The third kappa shape index (κ3) is 8.91. The number of ketones is 2. The summed E-state index contributed by atoms with van der Waals surface area (Å²) in [6, 6.07) is 30.6. The molecular formula is C37H38N2O5. The molecule has 4 aromatic carbocycles. The Hall–Kier alpha value is -5.17. The summed E-state index contributed by atoms with van der Waals surface area (Å²) in [5.74, 6) is 0.257. The van der Waals surface area contributed by atoms with Gasteiger partial charge in [-0.25, -0.2) is 4.79 Å². The van der Waals surface area contributed by atoms with Crippen molar-refractivity contribution in [3.63, 3.8) is 0 Å². The first kappa shape index (κ1) is 31.8. The van der Waals surface area contributed by atoms with Crippen molar-refractivity contribution in [2.75, 3.05) is 30.9 Å². The molecule has 0 spiro atoms. The second-order valence-electron chi connectivity index (χ2n) is 10.2. The molecule has 0 saturated heterocycles. The lowest BCUT2D eigenvalue weighted by molar-refractivity contribution is -0.141. The van der Waals surface area contributed by atoms with Crippen LogP contribution in [0.2, 0.25) is 0 Å².